The van der Waals surface area contributed by atoms with E-state index in [4.69, 9.17) is 0 Å². The maximum Gasteiger partial charge on any atom is 0.178 e. The molecule has 0 spiro atoms. The van der Waals surface area contributed by atoms with Gasteiger partial charge in [-0.1, -0.05) is 29.3 Å². The fourth-order valence-corrected chi connectivity index (χ4v) is 3.59. The van der Waals surface area contributed by atoms with Crippen molar-refractivity contribution in [2.24, 2.45) is 0 Å². The molecule has 0 bridgehead atoms. The highest BCUT2D eigenvalue weighted by molar-refractivity contribution is 9.10. The van der Waals surface area contributed by atoms with Gasteiger partial charge in [0.1, 0.15) is 0 Å². The van der Waals surface area contributed by atoms with Gasteiger partial charge in [0.25, 0.3) is 0 Å². The molecule has 1 N–H and O–H groups in total. The van der Waals surface area contributed by atoms with Crippen LogP contribution in [0.5, 0.6) is 0 Å². The van der Waals surface area contributed by atoms with E-state index in [2.05, 4.69) is 35.1 Å². The zero-order chi connectivity index (χ0) is 14.3. The third-order valence-corrected chi connectivity index (χ3v) is 5.37. The first-order chi connectivity index (χ1) is 8.95. The number of sulfone groups is 1. The Hall–Kier alpha value is -0.390. The quantitative estimate of drug-likeness (QED) is 0.733. The maximum atomic E-state index is 12.1. The van der Waals surface area contributed by atoms with Crippen LogP contribution in [0.1, 0.15) is 33.1 Å². The van der Waals surface area contributed by atoms with E-state index in [0.717, 1.165) is 23.9 Å². The largest absolute Gasteiger partial charge is 0.315 e. The molecule has 0 aliphatic carbocycles. The third-order valence-electron chi connectivity index (χ3n) is 3.03. The lowest BCUT2D eigenvalue weighted by molar-refractivity contribution is 0.507. The Morgan fingerprint density at radius 2 is 1.84 bits per heavy atom. The molecule has 0 fully saturated rings. The average Bonchev–Trinajstić information content (AvgIpc) is 2.36. The van der Waals surface area contributed by atoms with Crippen molar-refractivity contribution in [3.05, 3.63) is 28.7 Å². The molecule has 1 unspecified atom stereocenters. The predicted octanol–water partition coefficient (Wildman–Crippen LogP) is 3.39. The molecule has 1 aromatic carbocycles. The number of unbranched alkanes of at least 4 members (excludes halogenated alkanes) is 1. The van der Waals surface area contributed by atoms with E-state index >= 15 is 0 Å². The average molecular weight is 348 g/mol. The molecular weight excluding hydrogens is 326 g/mol. The molecule has 5 heteroatoms. The van der Waals surface area contributed by atoms with E-state index in [0.29, 0.717) is 17.4 Å². The van der Waals surface area contributed by atoms with Crippen LogP contribution in [0.4, 0.5) is 0 Å². The zero-order valence-electron chi connectivity index (χ0n) is 11.5. The van der Waals surface area contributed by atoms with E-state index in [9.17, 15) is 8.42 Å². The summed E-state index contributed by atoms with van der Waals surface area (Å²) in [6, 6.07) is 7.29. The summed E-state index contributed by atoms with van der Waals surface area (Å²) in [6.07, 6.45) is 2.67. The van der Waals surface area contributed by atoms with Gasteiger partial charge in [0.2, 0.25) is 0 Å². The third kappa shape index (κ3) is 6.06. The molecule has 1 atom stereocenters. The number of rotatable bonds is 8. The van der Waals surface area contributed by atoms with Crippen molar-refractivity contribution in [3.8, 4) is 0 Å². The van der Waals surface area contributed by atoms with Gasteiger partial charge in [-0.05, 0) is 50.6 Å². The summed E-state index contributed by atoms with van der Waals surface area (Å²) in [5.74, 6) is 0.230. The summed E-state index contributed by atoms with van der Waals surface area (Å²) in [7, 11) is -3.13. The lowest BCUT2D eigenvalue weighted by Crippen LogP contribution is -2.25. The van der Waals surface area contributed by atoms with Gasteiger partial charge >= 0.3 is 0 Å². The van der Waals surface area contributed by atoms with Crippen molar-refractivity contribution in [1.29, 1.82) is 0 Å². The molecular formula is C14H22BrNO2S. The SMILES string of the molecule is CCNC(C)CCCCS(=O)(=O)c1ccc(Br)cc1. The lowest BCUT2D eigenvalue weighted by Gasteiger charge is -2.11. The highest BCUT2D eigenvalue weighted by atomic mass is 79.9. The second kappa shape index (κ2) is 8.02. The van der Waals surface area contributed by atoms with Crippen molar-refractivity contribution >= 4 is 25.8 Å². The van der Waals surface area contributed by atoms with Crippen LogP contribution in [0.25, 0.3) is 0 Å². The summed E-state index contributed by atoms with van der Waals surface area (Å²) in [5, 5.41) is 3.33. The Labute approximate surface area is 124 Å². The highest BCUT2D eigenvalue weighted by Gasteiger charge is 2.13. The highest BCUT2D eigenvalue weighted by Crippen LogP contribution is 2.17. The minimum absolute atomic E-state index is 0.230. The summed E-state index contributed by atoms with van der Waals surface area (Å²) in [5.41, 5.74) is 0. The van der Waals surface area contributed by atoms with Crippen LogP contribution in [0.15, 0.2) is 33.6 Å². The molecule has 0 heterocycles. The van der Waals surface area contributed by atoms with Gasteiger partial charge in [0.15, 0.2) is 9.84 Å². The molecule has 0 amide bonds. The first kappa shape index (κ1) is 16.7. The standard InChI is InChI=1S/C14H22BrNO2S/c1-3-16-12(2)6-4-5-11-19(17,18)14-9-7-13(15)8-10-14/h7-10,12,16H,3-6,11H2,1-2H3. The predicted molar refractivity (Wildman–Crippen MR) is 83.2 cm³/mol. The molecule has 0 saturated carbocycles. The molecule has 0 saturated heterocycles. The molecule has 0 aliphatic rings. The van der Waals surface area contributed by atoms with Gasteiger partial charge in [-0.25, -0.2) is 8.42 Å². The summed E-state index contributed by atoms with van der Waals surface area (Å²) >= 11 is 3.30. The fourth-order valence-electron chi connectivity index (χ4n) is 1.95. The summed E-state index contributed by atoms with van der Waals surface area (Å²) in [4.78, 5) is 0.412. The van der Waals surface area contributed by atoms with Crippen LogP contribution < -0.4 is 5.32 Å². The topological polar surface area (TPSA) is 46.2 Å². The number of nitrogens with one attached hydrogen (secondary N) is 1. The minimum atomic E-state index is -3.13. The molecule has 1 rings (SSSR count). The molecule has 0 aromatic heterocycles. The van der Waals surface area contributed by atoms with E-state index in [1.807, 2.05) is 0 Å². The van der Waals surface area contributed by atoms with Gasteiger partial charge in [-0.2, -0.15) is 0 Å². The number of benzene rings is 1. The van der Waals surface area contributed by atoms with E-state index in [1.165, 1.54) is 0 Å². The molecule has 108 valence electrons. The van der Waals surface area contributed by atoms with Crippen molar-refractivity contribution in [1.82, 2.24) is 5.32 Å². The Balaban J connectivity index is 2.41. The second-order valence-corrected chi connectivity index (χ2v) is 7.75. The number of hydrogen-bond acceptors (Lipinski definition) is 3. The monoisotopic (exact) mass is 347 g/mol. The lowest BCUT2D eigenvalue weighted by atomic mass is 10.1. The molecule has 1 aromatic rings. The van der Waals surface area contributed by atoms with Crippen LogP contribution in [-0.4, -0.2) is 26.8 Å². The van der Waals surface area contributed by atoms with Crippen molar-refractivity contribution in [2.75, 3.05) is 12.3 Å². The van der Waals surface area contributed by atoms with Crippen LogP contribution in [-0.2, 0) is 9.84 Å². The van der Waals surface area contributed by atoms with Crippen molar-refractivity contribution in [3.63, 3.8) is 0 Å². The van der Waals surface area contributed by atoms with Gasteiger partial charge in [-0.3, -0.25) is 0 Å². The van der Waals surface area contributed by atoms with E-state index in [1.54, 1.807) is 24.3 Å². The van der Waals surface area contributed by atoms with E-state index in [-0.39, 0.29) is 5.75 Å². The van der Waals surface area contributed by atoms with Crippen LogP contribution >= 0.6 is 15.9 Å². The fraction of sp³-hybridized carbons (Fsp3) is 0.571. The Morgan fingerprint density at radius 3 is 2.42 bits per heavy atom. The second-order valence-electron chi connectivity index (χ2n) is 4.73. The maximum absolute atomic E-state index is 12.1. The van der Waals surface area contributed by atoms with Gasteiger partial charge in [0, 0.05) is 10.5 Å². The van der Waals surface area contributed by atoms with Crippen LogP contribution in [0.3, 0.4) is 0 Å². The molecule has 19 heavy (non-hydrogen) atoms. The van der Waals surface area contributed by atoms with E-state index < -0.39 is 9.84 Å². The summed E-state index contributed by atoms with van der Waals surface area (Å²) < 4.78 is 25.1. The first-order valence-electron chi connectivity index (χ1n) is 6.67. The summed E-state index contributed by atoms with van der Waals surface area (Å²) in [6.45, 7) is 5.17. The van der Waals surface area contributed by atoms with Crippen LogP contribution in [0.2, 0.25) is 0 Å². The Morgan fingerprint density at radius 1 is 1.21 bits per heavy atom. The zero-order valence-corrected chi connectivity index (χ0v) is 13.9. The van der Waals surface area contributed by atoms with Gasteiger partial charge in [-0.15, -0.1) is 0 Å². The number of hydrogen-bond donors (Lipinski definition) is 1. The molecule has 3 nitrogen and oxygen atoms in total. The smallest absolute Gasteiger partial charge is 0.178 e. The molecule has 0 radical (unpaired) electrons. The van der Waals surface area contributed by atoms with Gasteiger partial charge in [0.05, 0.1) is 10.6 Å². The van der Waals surface area contributed by atoms with Crippen molar-refractivity contribution in [2.45, 2.75) is 44.0 Å². The molecule has 0 aliphatic heterocycles. The number of halogens is 1. The van der Waals surface area contributed by atoms with Crippen molar-refractivity contribution < 1.29 is 8.42 Å². The van der Waals surface area contributed by atoms with Crippen LogP contribution in [0, 0.1) is 0 Å². The minimum Gasteiger partial charge on any atom is -0.315 e. The first-order valence-corrected chi connectivity index (χ1v) is 9.12. The normalized spacial score (nSPS) is 13.4. The van der Waals surface area contributed by atoms with Gasteiger partial charge < -0.3 is 5.32 Å². The Bertz CT molecular complexity index is 471. The Kier molecular flexibility index (Phi) is 7.04.